The molecule has 0 spiro atoms. The number of halogens is 1. The van der Waals surface area contributed by atoms with Gasteiger partial charge in [0.05, 0.1) is 4.90 Å². The van der Waals surface area contributed by atoms with Gasteiger partial charge in [-0.3, -0.25) is 4.68 Å². The highest BCUT2D eigenvalue weighted by atomic mass is 35.5. The number of nitrogens with zero attached hydrogens (tertiary/aromatic N) is 5. The average Bonchev–Trinajstić information content (AvgIpc) is 3.18. The van der Waals surface area contributed by atoms with Crippen LogP contribution in [-0.2, 0) is 30.0 Å². The highest BCUT2D eigenvalue weighted by molar-refractivity contribution is 7.89. The van der Waals surface area contributed by atoms with Crippen LogP contribution in [0.1, 0.15) is 17.1 Å². The average molecular weight is 394 g/mol. The van der Waals surface area contributed by atoms with Crippen molar-refractivity contribution in [1.82, 2.24) is 24.2 Å². The molecule has 0 saturated carbocycles. The number of aryl methyl sites for hydroxylation is 2. The van der Waals surface area contributed by atoms with Crippen molar-refractivity contribution in [3.05, 3.63) is 46.4 Å². The summed E-state index contributed by atoms with van der Waals surface area (Å²) in [5.41, 5.74) is 2.29. The molecule has 0 bridgehead atoms. The van der Waals surface area contributed by atoms with Crippen LogP contribution in [0.15, 0.2) is 33.7 Å². The maximum atomic E-state index is 13.0. The molecule has 1 aliphatic rings. The van der Waals surface area contributed by atoms with Gasteiger partial charge in [0.15, 0.2) is 11.5 Å². The normalized spacial score (nSPS) is 15.2. The molecule has 0 fully saturated rings. The third-order valence-corrected chi connectivity index (χ3v) is 6.50. The third-order valence-electron chi connectivity index (χ3n) is 4.39. The maximum Gasteiger partial charge on any atom is 0.278 e. The van der Waals surface area contributed by atoms with Crippen LogP contribution in [0.2, 0.25) is 5.02 Å². The molecule has 0 amide bonds. The van der Waals surface area contributed by atoms with E-state index in [0.29, 0.717) is 35.4 Å². The number of hydrogen-bond acceptors (Lipinski definition) is 6. The summed E-state index contributed by atoms with van der Waals surface area (Å²) >= 11 is 5.87. The van der Waals surface area contributed by atoms with E-state index in [4.69, 9.17) is 16.1 Å². The smallest absolute Gasteiger partial charge is 0.278 e. The highest BCUT2D eigenvalue weighted by Crippen LogP contribution is 2.31. The van der Waals surface area contributed by atoms with E-state index in [9.17, 15) is 8.42 Å². The predicted molar refractivity (Wildman–Crippen MR) is 94.0 cm³/mol. The van der Waals surface area contributed by atoms with Crippen LogP contribution >= 0.6 is 11.6 Å². The maximum absolute atomic E-state index is 13.0. The van der Waals surface area contributed by atoms with Gasteiger partial charge in [0.25, 0.3) is 5.89 Å². The Morgan fingerprint density at radius 1 is 1.23 bits per heavy atom. The van der Waals surface area contributed by atoms with Crippen molar-refractivity contribution >= 4 is 21.6 Å². The van der Waals surface area contributed by atoms with Gasteiger partial charge in [0, 0.05) is 42.8 Å². The van der Waals surface area contributed by atoms with Gasteiger partial charge in [0.1, 0.15) is 0 Å². The van der Waals surface area contributed by atoms with Gasteiger partial charge in [0.2, 0.25) is 10.0 Å². The van der Waals surface area contributed by atoms with Crippen LogP contribution in [0.25, 0.3) is 11.6 Å². The molecule has 10 heteroatoms. The number of rotatable bonds is 3. The molecular formula is C16H16ClN5O3S. The van der Waals surface area contributed by atoms with E-state index >= 15 is 0 Å². The van der Waals surface area contributed by atoms with Gasteiger partial charge < -0.3 is 4.52 Å². The summed E-state index contributed by atoms with van der Waals surface area (Å²) in [4.78, 5) is 4.43. The monoisotopic (exact) mass is 393 g/mol. The minimum Gasteiger partial charge on any atom is -0.332 e. The van der Waals surface area contributed by atoms with Crippen molar-refractivity contribution in [2.75, 3.05) is 6.54 Å². The van der Waals surface area contributed by atoms with Crippen LogP contribution in [0.3, 0.4) is 0 Å². The zero-order valence-electron chi connectivity index (χ0n) is 14.2. The summed E-state index contributed by atoms with van der Waals surface area (Å²) in [6.07, 6.45) is 0.554. The Morgan fingerprint density at radius 2 is 1.96 bits per heavy atom. The van der Waals surface area contributed by atoms with Crippen molar-refractivity contribution < 1.29 is 12.9 Å². The fourth-order valence-electron chi connectivity index (χ4n) is 3.09. The minimum atomic E-state index is -3.63. The van der Waals surface area contributed by atoms with E-state index < -0.39 is 10.0 Å². The Hall–Kier alpha value is -2.23. The first-order valence-corrected chi connectivity index (χ1v) is 9.79. The lowest BCUT2D eigenvalue weighted by Gasteiger charge is -2.26. The Labute approximate surface area is 155 Å². The lowest BCUT2D eigenvalue weighted by molar-refractivity contribution is 0.385. The first-order valence-electron chi connectivity index (χ1n) is 7.97. The van der Waals surface area contributed by atoms with Gasteiger partial charge in [-0.2, -0.15) is 14.4 Å². The molecule has 0 unspecified atom stereocenters. The fourth-order valence-corrected chi connectivity index (χ4v) is 4.63. The summed E-state index contributed by atoms with van der Waals surface area (Å²) in [5.74, 6) is 0.797. The van der Waals surface area contributed by atoms with E-state index in [2.05, 4.69) is 15.2 Å². The van der Waals surface area contributed by atoms with Gasteiger partial charge in [-0.15, -0.1) is 0 Å². The van der Waals surface area contributed by atoms with Gasteiger partial charge in [-0.05, 0) is 31.2 Å². The van der Waals surface area contributed by atoms with Crippen LogP contribution in [0, 0.1) is 6.92 Å². The molecule has 3 aromatic rings. The molecule has 3 heterocycles. The van der Waals surface area contributed by atoms with Gasteiger partial charge in [-0.25, -0.2) is 8.42 Å². The number of aromatic nitrogens is 4. The number of fused-ring (bicyclic) bond motifs is 1. The molecule has 1 aliphatic heterocycles. The molecule has 8 nitrogen and oxygen atoms in total. The Bertz CT molecular complexity index is 1070. The lowest BCUT2D eigenvalue weighted by atomic mass is 10.1. The number of benzene rings is 1. The van der Waals surface area contributed by atoms with E-state index in [0.717, 1.165) is 11.3 Å². The molecule has 0 aliphatic carbocycles. The fraction of sp³-hybridized carbons (Fsp3) is 0.312. The summed E-state index contributed by atoms with van der Waals surface area (Å²) in [6.45, 7) is 2.30. The van der Waals surface area contributed by atoms with Crippen molar-refractivity contribution in [3.63, 3.8) is 0 Å². The molecule has 0 N–H and O–H groups in total. The molecule has 0 radical (unpaired) electrons. The molecule has 2 aromatic heterocycles. The molecule has 4 rings (SSSR count). The summed E-state index contributed by atoms with van der Waals surface area (Å²) in [7, 11) is -1.81. The molecule has 26 heavy (non-hydrogen) atoms. The largest absolute Gasteiger partial charge is 0.332 e. The first kappa shape index (κ1) is 17.2. The van der Waals surface area contributed by atoms with E-state index in [-0.39, 0.29) is 11.4 Å². The van der Waals surface area contributed by atoms with E-state index in [1.165, 1.54) is 16.4 Å². The standard InChI is InChI=1S/C16H16ClN5O3S/c1-10-18-16(25-20-10)15-13-9-22(8-7-14(13)21(2)19-15)26(23,24)12-5-3-11(17)4-6-12/h3-6H,7-9H2,1-2H3. The Kier molecular flexibility index (Phi) is 4.09. The second kappa shape index (κ2) is 6.19. The SMILES string of the molecule is Cc1noc(-c2nn(C)c3c2CN(S(=O)(=O)c2ccc(Cl)cc2)CC3)n1. The van der Waals surface area contributed by atoms with Crippen LogP contribution in [0.5, 0.6) is 0 Å². The molecule has 136 valence electrons. The topological polar surface area (TPSA) is 94.1 Å². The third kappa shape index (κ3) is 2.81. The van der Waals surface area contributed by atoms with E-state index in [1.54, 1.807) is 23.7 Å². The first-order chi connectivity index (χ1) is 12.4. The molecular weight excluding hydrogens is 378 g/mol. The van der Waals surface area contributed by atoms with E-state index in [1.807, 2.05) is 7.05 Å². The second-order valence-corrected chi connectivity index (χ2v) is 8.46. The van der Waals surface area contributed by atoms with Crippen molar-refractivity contribution in [3.8, 4) is 11.6 Å². The summed E-state index contributed by atoms with van der Waals surface area (Å²) in [6, 6.07) is 6.17. The molecule has 0 saturated heterocycles. The zero-order valence-corrected chi connectivity index (χ0v) is 15.8. The van der Waals surface area contributed by atoms with Gasteiger partial charge in [-0.1, -0.05) is 16.8 Å². The van der Waals surface area contributed by atoms with Crippen LogP contribution in [0.4, 0.5) is 0 Å². The summed E-state index contributed by atoms with van der Waals surface area (Å²) < 4.78 is 34.4. The van der Waals surface area contributed by atoms with Gasteiger partial charge >= 0.3 is 0 Å². The molecule has 1 aromatic carbocycles. The molecule has 0 atom stereocenters. The van der Waals surface area contributed by atoms with Crippen molar-refractivity contribution in [2.45, 2.75) is 24.8 Å². The van der Waals surface area contributed by atoms with Crippen molar-refractivity contribution in [2.24, 2.45) is 7.05 Å². The lowest BCUT2D eigenvalue weighted by Crippen LogP contribution is -2.36. The van der Waals surface area contributed by atoms with Crippen LogP contribution < -0.4 is 0 Å². The van der Waals surface area contributed by atoms with Crippen LogP contribution in [-0.4, -0.2) is 39.2 Å². The second-order valence-electron chi connectivity index (χ2n) is 6.09. The number of sulfonamides is 1. The summed E-state index contributed by atoms with van der Waals surface area (Å²) in [5, 5.41) is 8.75. The van der Waals surface area contributed by atoms with Crippen molar-refractivity contribution in [1.29, 1.82) is 0 Å². The predicted octanol–water partition coefficient (Wildman–Crippen LogP) is 2.18. The number of hydrogen-bond donors (Lipinski definition) is 0. The Balaban J connectivity index is 1.72. The zero-order chi connectivity index (χ0) is 18.5. The quantitative estimate of drug-likeness (QED) is 0.677. The highest BCUT2D eigenvalue weighted by Gasteiger charge is 2.33. The Morgan fingerprint density at radius 3 is 2.62 bits per heavy atom. The minimum absolute atomic E-state index is 0.199.